The number of aldehydes is 1. The summed E-state index contributed by atoms with van der Waals surface area (Å²) in [5.74, 6) is 5.19. The maximum atomic E-state index is 10.7. The number of nitrogens with one attached hydrogen (secondary N) is 1. The number of hydrogen-bond donors (Lipinski definition) is 2. The highest BCUT2D eigenvalue weighted by Gasteiger charge is 2.06. The second kappa shape index (κ2) is 6.67. The van der Waals surface area contributed by atoms with Crippen LogP contribution in [0.2, 0.25) is 5.02 Å². The van der Waals surface area contributed by atoms with Crippen molar-refractivity contribution in [1.82, 2.24) is 5.32 Å². The molecule has 0 aliphatic rings. The Morgan fingerprint density at radius 1 is 1.56 bits per heavy atom. The van der Waals surface area contributed by atoms with E-state index in [2.05, 4.69) is 17.2 Å². The third-order valence-corrected chi connectivity index (χ3v) is 2.30. The van der Waals surface area contributed by atoms with Gasteiger partial charge in [0, 0.05) is 24.9 Å². The molecule has 0 spiro atoms. The second-order valence-electron chi connectivity index (χ2n) is 3.54. The van der Waals surface area contributed by atoms with Crippen LogP contribution in [0.5, 0.6) is 5.75 Å². The van der Waals surface area contributed by atoms with Gasteiger partial charge in [0.2, 0.25) is 5.91 Å². The van der Waals surface area contributed by atoms with Gasteiger partial charge in [0.25, 0.3) is 0 Å². The van der Waals surface area contributed by atoms with Crippen LogP contribution in [0.15, 0.2) is 12.1 Å². The molecule has 1 amide bonds. The zero-order valence-electron chi connectivity index (χ0n) is 9.79. The van der Waals surface area contributed by atoms with Gasteiger partial charge in [0.15, 0.2) is 6.29 Å². The lowest BCUT2D eigenvalue weighted by Crippen LogP contribution is -2.20. The summed E-state index contributed by atoms with van der Waals surface area (Å²) in [6, 6.07) is 2.85. The number of phenols is 1. The van der Waals surface area contributed by atoms with E-state index in [-0.39, 0.29) is 17.2 Å². The van der Waals surface area contributed by atoms with Crippen LogP contribution in [0.3, 0.4) is 0 Å². The first kappa shape index (κ1) is 14.1. The molecular formula is C13H12ClNO3. The molecule has 2 N–H and O–H groups in total. The first-order chi connectivity index (χ1) is 8.54. The number of benzene rings is 1. The average Bonchev–Trinajstić information content (AvgIpc) is 2.32. The van der Waals surface area contributed by atoms with E-state index in [1.54, 1.807) is 0 Å². The molecular weight excluding hydrogens is 254 g/mol. The van der Waals surface area contributed by atoms with Crippen molar-refractivity contribution in [3.05, 3.63) is 28.3 Å². The lowest BCUT2D eigenvalue weighted by molar-refractivity contribution is -0.118. The standard InChI is InChI=1S/C13H12ClNO3/c1-9(17)15-5-3-2-4-10-6-12(14)7-11(8-16)13(10)18/h6-8,18H,3,5H2,1H3,(H,15,17). The van der Waals surface area contributed by atoms with Crippen LogP contribution < -0.4 is 5.32 Å². The van der Waals surface area contributed by atoms with Crippen molar-refractivity contribution in [2.45, 2.75) is 13.3 Å². The molecule has 0 radical (unpaired) electrons. The zero-order chi connectivity index (χ0) is 13.5. The minimum atomic E-state index is -0.179. The number of amides is 1. The van der Waals surface area contributed by atoms with E-state index in [0.717, 1.165) is 0 Å². The molecule has 1 aromatic rings. The lowest BCUT2D eigenvalue weighted by Gasteiger charge is -2.01. The molecule has 0 aliphatic heterocycles. The van der Waals surface area contributed by atoms with Crippen molar-refractivity contribution >= 4 is 23.8 Å². The van der Waals surface area contributed by atoms with E-state index in [9.17, 15) is 14.7 Å². The molecule has 0 heterocycles. The Hall–Kier alpha value is -1.99. The molecule has 0 aromatic heterocycles. The molecule has 94 valence electrons. The Morgan fingerprint density at radius 3 is 2.89 bits per heavy atom. The summed E-state index contributed by atoms with van der Waals surface area (Å²) < 4.78 is 0. The number of phenolic OH excluding ortho intramolecular Hbond substituents is 1. The summed E-state index contributed by atoms with van der Waals surface area (Å²) in [5, 5.41) is 12.6. The minimum Gasteiger partial charge on any atom is -0.506 e. The SMILES string of the molecule is CC(=O)NCCC#Cc1cc(Cl)cc(C=O)c1O. The molecule has 5 heteroatoms. The molecule has 0 bridgehead atoms. The molecule has 0 atom stereocenters. The van der Waals surface area contributed by atoms with E-state index in [1.165, 1.54) is 19.1 Å². The Bertz CT molecular complexity index is 529. The summed E-state index contributed by atoms with van der Waals surface area (Å²) in [6.45, 7) is 1.86. The quantitative estimate of drug-likeness (QED) is 0.497. The number of hydrogen-bond acceptors (Lipinski definition) is 3. The van der Waals surface area contributed by atoms with E-state index in [0.29, 0.717) is 29.8 Å². The van der Waals surface area contributed by atoms with E-state index >= 15 is 0 Å². The Morgan fingerprint density at radius 2 is 2.28 bits per heavy atom. The molecule has 0 aliphatic carbocycles. The number of carbonyl (C=O) groups is 2. The number of carbonyl (C=O) groups excluding carboxylic acids is 2. The van der Waals surface area contributed by atoms with Gasteiger partial charge >= 0.3 is 0 Å². The number of halogens is 1. The van der Waals surface area contributed by atoms with Crippen molar-refractivity contribution in [3.63, 3.8) is 0 Å². The van der Waals surface area contributed by atoms with Gasteiger partial charge in [0.1, 0.15) is 5.75 Å². The van der Waals surface area contributed by atoms with Gasteiger partial charge in [-0.05, 0) is 12.1 Å². The second-order valence-corrected chi connectivity index (χ2v) is 3.98. The van der Waals surface area contributed by atoms with Gasteiger partial charge in [-0.2, -0.15) is 0 Å². The topological polar surface area (TPSA) is 66.4 Å². The van der Waals surface area contributed by atoms with Gasteiger partial charge < -0.3 is 10.4 Å². The fraction of sp³-hybridized carbons (Fsp3) is 0.231. The minimum absolute atomic E-state index is 0.105. The maximum Gasteiger partial charge on any atom is 0.216 e. The normalized spacial score (nSPS) is 9.22. The van der Waals surface area contributed by atoms with Crippen LogP contribution in [0.1, 0.15) is 29.3 Å². The summed E-state index contributed by atoms with van der Waals surface area (Å²) in [7, 11) is 0. The van der Waals surface area contributed by atoms with Crippen LogP contribution in [0.4, 0.5) is 0 Å². The highest BCUT2D eigenvalue weighted by atomic mass is 35.5. The smallest absolute Gasteiger partial charge is 0.216 e. The van der Waals surface area contributed by atoms with Gasteiger partial charge in [-0.3, -0.25) is 9.59 Å². The summed E-state index contributed by atoms with van der Waals surface area (Å²) in [4.78, 5) is 21.3. The third-order valence-electron chi connectivity index (χ3n) is 2.08. The molecule has 0 fully saturated rings. The average molecular weight is 266 g/mol. The van der Waals surface area contributed by atoms with Crippen LogP contribution in [-0.2, 0) is 4.79 Å². The summed E-state index contributed by atoms with van der Waals surface area (Å²) >= 11 is 5.79. The lowest BCUT2D eigenvalue weighted by atomic mass is 10.1. The Kier molecular flexibility index (Phi) is 5.22. The van der Waals surface area contributed by atoms with Crippen LogP contribution in [0, 0.1) is 11.8 Å². The molecule has 0 saturated carbocycles. The van der Waals surface area contributed by atoms with Crippen molar-refractivity contribution in [2.24, 2.45) is 0 Å². The summed E-state index contributed by atoms with van der Waals surface area (Å²) in [6.07, 6.45) is 0.964. The van der Waals surface area contributed by atoms with E-state index in [1.807, 2.05) is 0 Å². The molecule has 0 unspecified atom stereocenters. The fourth-order valence-electron chi connectivity index (χ4n) is 1.26. The fourth-order valence-corrected chi connectivity index (χ4v) is 1.49. The van der Waals surface area contributed by atoms with E-state index in [4.69, 9.17) is 11.6 Å². The zero-order valence-corrected chi connectivity index (χ0v) is 10.5. The Balaban J connectivity index is 2.78. The predicted molar refractivity (Wildman–Crippen MR) is 68.7 cm³/mol. The highest BCUT2D eigenvalue weighted by molar-refractivity contribution is 6.31. The van der Waals surface area contributed by atoms with Gasteiger partial charge in [0.05, 0.1) is 11.1 Å². The monoisotopic (exact) mass is 265 g/mol. The van der Waals surface area contributed by atoms with Crippen molar-refractivity contribution in [2.75, 3.05) is 6.54 Å². The first-order valence-corrected chi connectivity index (χ1v) is 5.63. The van der Waals surface area contributed by atoms with Crippen LogP contribution in [0.25, 0.3) is 0 Å². The van der Waals surface area contributed by atoms with Crippen molar-refractivity contribution in [1.29, 1.82) is 0 Å². The molecule has 4 nitrogen and oxygen atoms in total. The largest absolute Gasteiger partial charge is 0.506 e. The maximum absolute atomic E-state index is 10.7. The van der Waals surface area contributed by atoms with Gasteiger partial charge in [-0.25, -0.2) is 0 Å². The molecule has 0 saturated heterocycles. The third kappa shape index (κ3) is 4.11. The number of aromatic hydroxyl groups is 1. The van der Waals surface area contributed by atoms with Gasteiger partial charge in [-0.15, -0.1) is 0 Å². The highest BCUT2D eigenvalue weighted by Crippen LogP contribution is 2.25. The predicted octanol–water partition coefficient (Wildman–Crippen LogP) is 1.74. The van der Waals surface area contributed by atoms with Gasteiger partial charge in [-0.1, -0.05) is 23.4 Å². The van der Waals surface area contributed by atoms with Crippen molar-refractivity contribution < 1.29 is 14.7 Å². The molecule has 1 rings (SSSR count). The molecule has 1 aromatic carbocycles. The van der Waals surface area contributed by atoms with Crippen molar-refractivity contribution in [3.8, 4) is 17.6 Å². The first-order valence-electron chi connectivity index (χ1n) is 5.25. The summed E-state index contributed by atoms with van der Waals surface area (Å²) in [5.41, 5.74) is 0.404. The number of rotatable bonds is 3. The van der Waals surface area contributed by atoms with E-state index < -0.39 is 0 Å². The van der Waals surface area contributed by atoms with Crippen LogP contribution >= 0.6 is 11.6 Å². The molecule has 18 heavy (non-hydrogen) atoms. The van der Waals surface area contributed by atoms with Crippen LogP contribution in [-0.4, -0.2) is 23.8 Å². The Labute approximate surface area is 110 Å².